The predicted octanol–water partition coefficient (Wildman–Crippen LogP) is 4.97. The zero-order chi connectivity index (χ0) is 24.9. The number of ether oxygens (including phenoxy) is 2. The van der Waals surface area contributed by atoms with E-state index in [1.165, 1.54) is 12.1 Å². The minimum Gasteiger partial charge on any atom is -0.465 e. The highest BCUT2D eigenvalue weighted by Gasteiger charge is 2.35. The number of aryl methyl sites for hydroxylation is 2. The summed E-state index contributed by atoms with van der Waals surface area (Å²) in [6.07, 6.45) is 0. The highest BCUT2D eigenvalue weighted by atomic mass is 32.2. The number of hydrogen-bond donors (Lipinski definition) is 0. The van der Waals surface area contributed by atoms with Crippen LogP contribution in [0, 0.1) is 13.8 Å². The summed E-state index contributed by atoms with van der Waals surface area (Å²) in [5, 5.41) is 0.114. The first-order chi connectivity index (χ1) is 16.2. The first-order valence-electron chi connectivity index (χ1n) is 10.8. The van der Waals surface area contributed by atoms with Crippen LogP contribution in [0.15, 0.2) is 59.5 Å². The Bertz CT molecular complexity index is 1260. The van der Waals surface area contributed by atoms with Gasteiger partial charge in [-0.2, -0.15) is 0 Å². The Hall–Kier alpha value is -3.17. The van der Waals surface area contributed by atoms with E-state index < -0.39 is 28.5 Å². The fourth-order valence-electron chi connectivity index (χ4n) is 3.48. The summed E-state index contributed by atoms with van der Waals surface area (Å²) in [5.74, 6) is -1.38. The Morgan fingerprint density at radius 1 is 0.912 bits per heavy atom. The van der Waals surface area contributed by atoms with Gasteiger partial charge in [0.1, 0.15) is 17.1 Å². The Morgan fingerprint density at radius 2 is 1.53 bits per heavy atom. The monoisotopic (exact) mass is 501 g/mol. The van der Waals surface area contributed by atoms with Crippen molar-refractivity contribution in [1.29, 1.82) is 0 Å². The molecule has 2 aromatic carbocycles. The maximum absolute atomic E-state index is 13.7. The fraction of sp³-hybridized carbons (Fsp3) is 0.280. The number of sulfonamides is 1. The molecule has 0 aliphatic heterocycles. The SMILES string of the molecule is CCOC(=O)CN(c1sc(C)c(-c2ccccc2)c1C(=O)OCC)S(=O)(=O)c1ccc(C)cc1. The number of anilines is 1. The van der Waals surface area contributed by atoms with E-state index in [-0.39, 0.29) is 28.7 Å². The Kier molecular flexibility index (Phi) is 8.11. The number of benzene rings is 2. The second-order valence-electron chi connectivity index (χ2n) is 7.43. The van der Waals surface area contributed by atoms with E-state index in [9.17, 15) is 18.0 Å². The van der Waals surface area contributed by atoms with Crippen LogP contribution in [-0.2, 0) is 24.3 Å². The van der Waals surface area contributed by atoms with E-state index in [1.54, 1.807) is 32.9 Å². The van der Waals surface area contributed by atoms with Crippen molar-refractivity contribution in [2.24, 2.45) is 0 Å². The van der Waals surface area contributed by atoms with Crippen LogP contribution in [0.3, 0.4) is 0 Å². The molecule has 0 saturated heterocycles. The smallest absolute Gasteiger partial charge is 0.341 e. The van der Waals surface area contributed by atoms with Crippen LogP contribution in [-0.4, -0.2) is 40.1 Å². The van der Waals surface area contributed by atoms with Gasteiger partial charge in [-0.15, -0.1) is 11.3 Å². The van der Waals surface area contributed by atoms with E-state index in [0.717, 1.165) is 31.6 Å². The molecule has 3 aromatic rings. The summed E-state index contributed by atoms with van der Waals surface area (Å²) >= 11 is 1.12. The van der Waals surface area contributed by atoms with Crippen molar-refractivity contribution in [3.8, 4) is 11.1 Å². The third-order valence-electron chi connectivity index (χ3n) is 5.02. The van der Waals surface area contributed by atoms with Gasteiger partial charge in [0.25, 0.3) is 10.0 Å². The van der Waals surface area contributed by atoms with Gasteiger partial charge in [-0.05, 0) is 45.4 Å². The van der Waals surface area contributed by atoms with Gasteiger partial charge < -0.3 is 9.47 Å². The van der Waals surface area contributed by atoms with Crippen molar-refractivity contribution in [3.05, 3.63) is 70.6 Å². The van der Waals surface area contributed by atoms with Crippen LogP contribution in [0.2, 0.25) is 0 Å². The van der Waals surface area contributed by atoms with E-state index in [2.05, 4.69) is 0 Å². The Labute approximate surface area is 204 Å². The molecular weight excluding hydrogens is 474 g/mol. The summed E-state index contributed by atoms with van der Waals surface area (Å²) in [7, 11) is -4.21. The molecule has 1 heterocycles. The van der Waals surface area contributed by atoms with Crippen molar-refractivity contribution < 1.29 is 27.5 Å². The number of nitrogens with zero attached hydrogens (tertiary/aromatic N) is 1. The van der Waals surface area contributed by atoms with Crippen molar-refractivity contribution in [2.75, 3.05) is 24.1 Å². The molecule has 0 radical (unpaired) electrons. The van der Waals surface area contributed by atoms with Crippen molar-refractivity contribution in [2.45, 2.75) is 32.6 Å². The molecule has 34 heavy (non-hydrogen) atoms. The first-order valence-corrected chi connectivity index (χ1v) is 13.1. The highest BCUT2D eigenvalue weighted by Crippen LogP contribution is 2.44. The van der Waals surface area contributed by atoms with Crippen LogP contribution < -0.4 is 4.31 Å². The summed E-state index contributed by atoms with van der Waals surface area (Å²) in [6.45, 7) is 6.61. The van der Waals surface area contributed by atoms with Crippen LogP contribution in [0.5, 0.6) is 0 Å². The molecule has 0 fully saturated rings. The molecule has 0 aliphatic carbocycles. The number of hydrogen-bond acceptors (Lipinski definition) is 7. The Morgan fingerprint density at radius 3 is 2.12 bits per heavy atom. The van der Waals surface area contributed by atoms with Crippen LogP contribution in [0.1, 0.15) is 34.6 Å². The van der Waals surface area contributed by atoms with E-state index in [0.29, 0.717) is 5.56 Å². The van der Waals surface area contributed by atoms with Crippen molar-refractivity contribution in [1.82, 2.24) is 0 Å². The third kappa shape index (κ3) is 5.31. The normalized spacial score (nSPS) is 11.2. The van der Waals surface area contributed by atoms with Crippen molar-refractivity contribution in [3.63, 3.8) is 0 Å². The quantitative estimate of drug-likeness (QED) is 0.385. The zero-order valence-electron chi connectivity index (χ0n) is 19.5. The van der Waals surface area contributed by atoms with Gasteiger partial charge in [-0.3, -0.25) is 4.79 Å². The molecule has 3 rings (SSSR count). The topological polar surface area (TPSA) is 90.0 Å². The number of carbonyl (C=O) groups excluding carboxylic acids is 2. The molecule has 0 spiro atoms. The predicted molar refractivity (Wildman–Crippen MR) is 133 cm³/mol. The molecule has 9 heteroatoms. The Balaban J connectivity index is 2.27. The minimum absolute atomic E-state index is 0.00419. The van der Waals surface area contributed by atoms with Gasteiger partial charge in [0.05, 0.1) is 18.1 Å². The molecule has 0 aliphatic rings. The first kappa shape index (κ1) is 25.5. The fourth-order valence-corrected chi connectivity index (χ4v) is 6.27. The van der Waals surface area contributed by atoms with E-state index in [1.807, 2.05) is 37.3 Å². The third-order valence-corrected chi connectivity index (χ3v) is 8.02. The average Bonchev–Trinajstić information content (AvgIpc) is 3.15. The molecular formula is C25H27NO6S2. The lowest BCUT2D eigenvalue weighted by Gasteiger charge is -2.23. The second-order valence-corrected chi connectivity index (χ2v) is 10.5. The number of carbonyl (C=O) groups is 2. The molecule has 0 bridgehead atoms. The number of thiophene rings is 1. The standard InChI is InChI=1S/C25H27NO6S2/c1-5-31-21(27)16-26(34(29,30)20-14-12-17(3)13-15-20)24-23(25(28)32-6-2)22(18(4)33-24)19-10-8-7-9-11-19/h7-15H,5-6,16H2,1-4H3. The average molecular weight is 502 g/mol. The molecule has 0 saturated carbocycles. The van der Waals surface area contributed by atoms with Crippen LogP contribution in [0.4, 0.5) is 5.00 Å². The molecule has 0 unspecified atom stereocenters. The van der Waals surface area contributed by atoms with E-state index in [4.69, 9.17) is 9.47 Å². The van der Waals surface area contributed by atoms with Gasteiger partial charge >= 0.3 is 11.9 Å². The second kappa shape index (κ2) is 10.8. The molecule has 0 atom stereocenters. The van der Waals surface area contributed by atoms with Crippen LogP contribution >= 0.6 is 11.3 Å². The maximum atomic E-state index is 13.7. The largest absolute Gasteiger partial charge is 0.465 e. The number of rotatable bonds is 9. The van der Waals surface area contributed by atoms with Gasteiger partial charge in [0.15, 0.2) is 0 Å². The molecule has 180 valence electrons. The molecule has 1 aromatic heterocycles. The summed E-state index contributed by atoms with van der Waals surface area (Å²) < 4.78 is 38.8. The van der Waals surface area contributed by atoms with E-state index >= 15 is 0 Å². The summed E-state index contributed by atoms with van der Waals surface area (Å²) in [6, 6.07) is 15.5. The lowest BCUT2D eigenvalue weighted by Crippen LogP contribution is -2.37. The number of esters is 2. The van der Waals surface area contributed by atoms with Gasteiger partial charge in [-0.25, -0.2) is 17.5 Å². The zero-order valence-corrected chi connectivity index (χ0v) is 21.2. The van der Waals surface area contributed by atoms with Crippen LogP contribution in [0.25, 0.3) is 11.1 Å². The summed E-state index contributed by atoms with van der Waals surface area (Å²) in [4.78, 5) is 26.4. The summed E-state index contributed by atoms with van der Waals surface area (Å²) in [5.41, 5.74) is 2.32. The molecule has 0 N–H and O–H groups in total. The lowest BCUT2D eigenvalue weighted by molar-refractivity contribution is -0.141. The molecule has 0 amide bonds. The lowest BCUT2D eigenvalue weighted by atomic mass is 10.0. The van der Waals surface area contributed by atoms with Gasteiger partial charge in [-0.1, -0.05) is 48.0 Å². The minimum atomic E-state index is -4.21. The van der Waals surface area contributed by atoms with Gasteiger partial charge in [0, 0.05) is 10.4 Å². The molecule has 7 nitrogen and oxygen atoms in total. The van der Waals surface area contributed by atoms with Crippen molar-refractivity contribution >= 4 is 38.3 Å². The highest BCUT2D eigenvalue weighted by molar-refractivity contribution is 7.93. The van der Waals surface area contributed by atoms with Gasteiger partial charge in [0.2, 0.25) is 0 Å². The maximum Gasteiger partial charge on any atom is 0.341 e.